The number of carbonyl (C=O) groups is 1. The number of nitrogen functional groups attached to an aromatic ring is 1. The topological polar surface area (TPSA) is 104 Å². The number of hydrogen-bond donors (Lipinski definition) is 1. The third-order valence-corrected chi connectivity index (χ3v) is 4.97. The standard InChI is InChI=1S/C11H17N3O4S/c1-2-18-11(15)9-10(12)14(7-13-9)5-8-3-4-19(16,17)6-8/h7-8H,2-6,12H2,1H3. The predicted octanol–water partition coefficient (Wildman–Crippen LogP) is 0.0767. The molecular weight excluding hydrogens is 270 g/mol. The van der Waals surface area contributed by atoms with Crippen LogP contribution in [0.2, 0.25) is 0 Å². The van der Waals surface area contributed by atoms with Gasteiger partial charge in [0.1, 0.15) is 5.82 Å². The van der Waals surface area contributed by atoms with Gasteiger partial charge in [0.25, 0.3) is 0 Å². The maximum atomic E-state index is 11.5. The third kappa shape index (κ3) is 3.06. The number of anilines is 1. The number of carbonyl (C=O) groups excluding carboxylic acids is 1. The first-order valence-corrected chi connectivity index (χ1v) is 7.93. The highest BCUT2D eigenvalue weighted by Gasteiger charge is 2.29. The molecule has 1 aliphatic heterocycles. The van der Waals surface area contributed by atoms with E-state index in [-0.39, 0.29) is 35.5 Å². The zero-order valence-corrected chi connectivity index (χ0v) is 11.5. The summed E-state index contributed by atoms with van der Waals surface area (Å²) in [6, 6.07) is 0. The van der Waals surface area contributed by atoms with Crippen LogP contribution >= 0.6 is 0 Å². The maximum absolute atomic E-state index is 11.5. The van der Waals surface area contributed by atoms with E-state index >= 15 is 0 Å². The number of imidazole rings is 1. The number of ether oxygens (including phenoxy) is 1. The van der Waals surface area contributed by atoms with Gasteiger partial charge in [-0.25, -0.2) is 18.2 Å². The fourth-order valence-corrected chi connectivity index (χ4v) is 4.04. The van der Waals surface area contributed by atoms with Gasteiger partial charge in [-0.2, -0.15) is 0 Å². The van der Waals surface area contributed by atoms with E-state index in [1.54, 1.807) is 11.5 Å². The zero-order chi connectivity index (χ0) is 14.0. The van der Waals surface area contributed by atoms with Crippen molar-refractivity contribution >= 4 is 21.6 Å². The summed E-state index contributed by atoms with van der Waals surface area (Å²) in [6.45, 7) is 2.41. The molecule has 19 heavy (non-hydrogen) atoms. The number of esters is 1. The molecular formula is C11H17N3O4S. The molecule has 0 radical (unpaired) electrons. The third-order valence-electron chi connectivity index (χ3n) is 3.13. The van der Waals surface area contributed by atoms with E-state index in [4.69, 9.17) is 10.5 Å². The summed E-state index contributed by atoms with van der Waals surface area (Å²) in [6.07, 6.45) is 2.07. The first-order valence-electron chi connectivity index (χ1n) is 6.11. The van der Waals surface area contributed by atoms with Gasteiger partial charge in [-0.15, -0.1) is 0 Å². The fraction of sp³-hybridized carbons (Fsp3) is 0.636. The van der Waals surface area contributed by atoms with Crippen LogP contribution in [0, 0.1) is 5.92 Å². The Kier molecular flexibility index (Phi) is 3.79. The summed E-state index contributed by atoms with van der Waals surface area (Å²) in [5.41, 5.74) is 5.92. The van der Waals surface area contributed by atoms with Crippen molar-refractivity contribution in [2.75, 3.05) is 23.8 Å². The molecule has 7 nitrogen and oxygen atoms in total. The van der Waals surface area contributed by atoms with Crippen LogP contribution in [-0.2, 0) is 21.1 Å². The molecule has 1 saturated heterocycles. The van der Waals surface area contributed by atoms with Crippen LogP contribution in [0.3, 0.4) is 0 Å². The minimum Gasteiger partial charge on any atom is -0.461 e. The second-order valence-electron chi connectivity index (χ2n) is 4.62. The van der Waals surface area contributed by atoms with Gasteiger partial charge in [0.2, 0.25) is 0 Å². The summed E-state index contributed by atoms with van der Waals surface area (Å²) in [4.78, 5) is 15.5. The molecule has 2 heterocycles. The Labute approximate surface area is 111 Å². The Balaban J connectivity index is 2.08. The van der Waals surface area contributed by atoms with Crippen LogP contribution in [0.15, 0.2) is 6.33 Å². The van der Waals surface area contributed by atoms with E-state index in [0.29, 0.717) is 13.0 Å². The van der Waals surface area contributed by atoms with Crippen molar-refractivity contribution in [2.45, 2.75) is 19.9 Å². The minimum absolute atomic E-state index is 0.0246. The van der Waals surface area contributed by atoms with Gasteiger partial charge >= 0.3 is 5.97 Å². The first kappa shape index (κ1) is 13.9. The van der Waals surface area contributed by atoms with Crippen molar-refractivity contribution in [3.8, 4) is 0 Å². The Morgan fingerprint density at radius 3 is 2.95 bits per heavy atom. The Bertz CT molecular complexity index is 579. The van der Waals surface area contributed by atoms with Gasteiger partial charge in [0.15, 0.2) is 15.5 Å². The lowest BCUT2D eigenvalue weighted by molar-refractivity contribution is 0.0521. The minimum atomic E-state index is -2.91. The van der Waals surface area contributed by atoms with Crippen molar-refractivity contribution in [3.63, 3.8) is 0 Å². The molecule has 0 spiro atoms. The van der Waals surface area contributed by atoms with E-state index < -0.39 is 15.8 Å². The summed E-state index contributed by atoms with van der Waals surface area (Å²) >= 11 is 0. The molecule has 1 aliphatic rings. The molecule has 0 aliphatic carbocycles. The van der Waals surface area contributed by atoms with Gasteiger partial charge in [-0.05, 0) is 19.3 Å². The SMILES string of the molecule is CCOC(=O)c1ncn(CC2CCS(=O)(=O)C2)c1N. The second-order valence-corrected chi connectivity index (χ2v) is 6.85. The van der Waals surface area contributed by atoms with Crippen LogP contribution in [-0.4, -0.2) is 42.1 Å². The summed E-state index contributed by atoms with van der Waals surface area (Å²) in [7, 11) is -2.91. The van der Waals surface area contributed by atoms with E-state index in [1.807, 2.05) is 0 Å². The Hall–Kier alpha value is -1.57. The molecule has 0 aromatic carbocycles. The lowest BCUT2D eigenvalue weighted by Crippen LogP contribution is -2.15. The second kappa shape index (κ2) is 5.20. The van der Waals surface area contributed by atoms with Gasteiger partial charge in [0.05, 0.1) is 24.4 Å². The summed E-state index contributed by atoms with van der Waals surface area (Å²) in [5, 5.41) is 0. The molecule has 2 rings (SSSR count). The van der Waals surface area contributed by atoms with Crippen molar-refractivity contribution in [3.05, 3.63) is 12.0 Å². The molecule has 2 N–H and O–H groups in total. The average molecular weight is 287 g/mol. The zero-order valence-electron chi connectivity index (χ0n) is 10.7. The number of rotatable bonds is 4. The number of hydrogen-bond acceptors (Lipinski definition) is 6. The maximum Gasteiger partial charge on any atom is 0.360 e. The van der Waals surface area contributed by atoms with Crippen molar-refractivity contribution in [2.24, 2.45) is 5.92 Å². The van der Waals surface area contributed by atoms with Crippen LogP contribution in [0.4, 0.5) is 5.82 Å². The van der Waals surface area contributed by atoms with Gasteiger partial charge in [0, 0.05) is 6.54 Å². The molecule has 1 fully saturated rings. The molecule has 0 bridgehead atoms. The molecule has 8 heteroatoms. The molecule has 1 aromatic rings. The normalized spacial score (nSPS) is 21.4. The van der Waals surface area contributed by atoms with Crippen LogP contribution in [0.1, 0.15) is 23.8 Å². The van der Waals surface area contributed by atoms with Crippen LogP contribution in [0.25, 0.3) is 0 Å². The van der Waals surface area contributed by atoms with Crippen LogP contribution < -0.4 is 5.73 Å². The Morgan fingerprint density at radius 1 is 1.63 bits per heavy atom. The molecule has 1 atom stereocenters. The van der Waals surface area contributed by atoms with E-state index in [1.165, 1.54) is 6.33 Å². The van der Waals surface area contributed by atoms with E-state index in [9.17, 15) is 13.2 Å². The highest BCUT2D eigenvalue weighted by molar-refractivity contribution is 7.91. The van der Waals surface area contributed by atoms with Gasteiger partial charge in [-0.1, -0.05) is 0 Å². The number of sulfone groups is 1. The smallest absolute Gasteiger partial charge is 0.360 e. The van der Waals surface area contributed by atoms with Crippen molar-refractivity contribution in [1.82, 2.24) is 9.55 Å². The molecule has 1 aromatic heterocycles. The van der Waals surface area contributed by atoms with Crippen molar-refractivity contribution in [1.29, 1.82) is 0 Å². The van der Waals surface area contributed by atoms with E-state index in [2.05, 4.69) is 4.98 Å². The Morgan fingerprint density at radius 2 is 2.37 bits per heavy atom. The van der Waals surface area contributed by atoms with Gasteiger partial charge in [-0.3, -0.25) is 0 Å². The quantitative estimate of drug-likeness (QED) is 0.786. The summed E-state index contributed by atoms with van der Waals surface area (Å²) < 4.78 is 29.2. The lowest BCUT2D eigenvalue weighted by atomic mass is 10.1. The number of nitrogens with two attached hydrogens (primary N) is 1. The molecule has 0 saturated carbocycles. The van der Waals surface area contributed by atoms with E-state index in [0.717, 1.165) is 0 Å². The van der Waals surface area contributed by atoms with Gasteiger partial charge < -0.3 is 15.0 Å². The molecule has 1 unspecified atom stereocenters. The summed E-state index contributed by atoms with van der Waals surface area (Å²) in [5.74, 6) is 0.0770. The first-order chi connectivity index (χ1) is 8.93. The largest absolute Gasteiger partial charge is 0.461 e. The monoisotopic (exact) mass is 287 g/mol. The number of nitrogens with zero attached hydrogens (tertiary/aromatic N) is 2. The highest BCUT2D eigenvalue weighted by Crippen LogP contribution is 2.22. The fourth-order valence-electron chi connectivity index (χ4n) is 2.19. The number of aromatic nitrogens is 2. The average Bonchev–Trinajstić information content (AvgIpc) is 2.84. The predicted molar refractivity (Wildman–Crippen MR) is 69.4 cm³/mol. The molecule has 0 amide bonds. The lowest BCUT2D eigenvalue weighted by Gasteiger charge is -2.10. The van der Waals surface area contributed by atoms with Crippen molar-refractivity contribution < 1.29 is 17.9 Å². The molecule has 106 valence electrons. The highest BCUT2D eigenvalue weighted by atomic mass is 32.2. The van der Waals surface area contributed by atoms with Crippen LogP contribution in [0.5, 0.6) is 0 Å².